The molecule has 0 aliphatic heterocycles. The lowest BCUT2D eigenvalue weighted by molar-refractivity contribution is -0.119. The predicted molar refractivity (Wildman–Crippen MR) is 70.4 cm³/mol. The minimum atomic E-state index is -0.299. The molecule has 1 N–H and O–H groups in total. The molecule has 0 bridgehead atoms. The fourth-order valence-corrected chi connectivity index (χ4v) is 1.58. The van der Waals surface area contributed by atoms with Crippen LogP contribution in [0.3, 0.4) is 0 Å². The number of carbonyl (C=O) groups excluding carboxylic acids is 1. The van der Waals surface area contributed by atoms with Crippen molar-refractivity contribution in [3.8, 4) is 11.5 Å². The van der Waals surface area contributed by atoms with E-state index in [1.54, 1.807) is 18.2 Å². The standard InChI is InChI=1S/C15H14FNO2/c1-11(18)17-10-12-3-2-4-15(9-12)19-14-7-5-13(16)6-8-14/h2-9H,10H2,1H3,(H,17,18). The van der Waals surface area contributed by atoms with E-state index >= 15 is 0 Å². The normalized spacial score (nSPS) is 10.0. The highest BCUT2D eigenvalue weighted by Gasteiger charge is 2.00. The fourth-order valence-electron chi connectivity index (χ4n) is 1.58. The maximum absolute atomic E-state index is 12.8. The summed E-state index contributed by atoms with van der Waals surface area (Å²) in [6.07, 6.45) is 0. The van der Waals surface area contributed by atoms with E-state index in [2.05, 4.69) is 5.32 Å². The highest BCUT2D eigenvalue weighted by atomic mass is 19.1. The molecule has 2 aromatic rings. The van der Waals surface area contributed by atoms with Crippen molar-refractivity contribution in [3.05, 3.63) is 59.9 Å². The zero-order valence-electron chi connectivity index (χ0n) is 10.5. The molecule has 19 heavy (non-hydrogen) atoms. The molecule has 0 aliphatic rings. The molecule has 2 aromatic carbocycles. The van der Waals surface area contributed by atoms with Crippen LogP contribution in [0.5, 0.6) is 11.5 Å². The van der Waals surface area contributed by atoms with Gasteiger partial charge in [-0.05, 0) is 42.0 Å². The molecule has 0 radical (unpaired) electrons. The van der Waals surface area contributed by atoms with Gasteiger partial charge in [0, 0.05) is 13.5 Å². The molecule has 0 fully saturated rings. The zero-order chi connectivity index (χ0) is 13.7. The summed E-state index contributed by atoms with van der Waals surface area (Å²) < 4.78 is 18.4. The monoisotopic (exact) mass is 259 g/mol. The number of hydrogen-bond donors (Lipinski definition) is 1. The summed E-state index contributed by atoms with van der Waals surface area (Å²) in [6, 6.07) is 13.2. The van der Waals surface area contributed by atoms with Crippen LogP contribution in [-0.4, -0.2) is 5.91 Å². The number of ether oxygens (including phenoxy) is 1. The predicted octanol–water partition coefficient (Wildman–Crippen LogP) is 3.25. The van der Waals surface area contributed by atoms with Crippen molar-refractivity contribution < 1.29 is 13.9 Å². The van der Waals surface area contributed by atoms with Gasteiger partial charge in [-0.2, -0.15) is 0 Å². The maximum atomic E-state index is 12.8. The lowest BCUT2D eigenvalue weighted by Crippen LogP contribution is -2.18. The van der Waals surface area contributed by atoms with Crippen LogP contribution in [0, 0.1) is 5.82 Å². The maximum Gasteiger partial charge on any atom is 0.217 e. The molecule has 0 heterocycles. The van der Waals surface area contributed by atoms with Gasteiger partial charge in [0.05, 0.1) is 0 Å². The minimum Gasteiger partial charge on any atom is -0.457 e. The van der Waals surface area contributed by atoms with Crippen LogP contribution in [0.1, 0.15) is 12.5 Å². The first-order valence-electron chi connectivity index (χ1n) is 5.90. The average molecular weight is 259 g/mol. The van der Waals surface area contributed by atoms with E-state index in [1.165, 1.54) is 19.1 Å². The largest absolute Gasteiger partial charge is 0.457 e. The van der Waals surface area contributed by atoms with Crippen LogP contribution in [0.2, 0.25) is 0 Å². The first-order chi connectivity index (χ1) is 9.13. The number of carbonyl (C=O) groups is 1. The van der Waals surface area contributed by atoms with Gasteiger partial charge in [-0.15, -0.1) is 0 Å². The van der Waals surface area contributed by atoms with Crippen molar-refractivity contribution in [1.29, 1.82) is 0 Å². The van der Waals surface area contributed by atoms with Crippen molar-refractivity contribution in [2.75, 3.05) is 0 Å². The highest BCUT2D eigenvalue weighted by Crippen LogP contribution is 2.22. The molecular formula is C15H14FNO2. The van der Waals surface area contributed by atoms with Crippen LogP contribution >= 0.6 is 0 Å². The van der Waals surface area contributed by atoms with Crippen LogP contribution in [0.4, 0.5) is 4.39 Å². The molecule has 4 heteroatoms. The van der Waals surface area contributed by atoms with Crippen LogP contribution in [0.15, 0.2) is 48.5 Å². The molecule has 0 saturated carbocycles. The number of hydrogen-bond acceptors (Lipinski definition) is 2. The molecule has 1 amide bonds. The van der Waals surface area contributed by atoms with Crippen molar-refractivity contribution in [1.82, 2.24) is 5.32 Å². The van der Waals surface area contributed by atoms with Crippen molar-refractivity contribution >= 4 is 5.91 Å². The molecule has 0 spiro atoms. The molecule has 0 unspecified atom stereocenters. The fraction of sp³-hybridized carbons (Fsp3) is 0.133. The summed E-state index contributed by atoms with van der Waals surface area (Å²) in [5.74, 6) is 0.837. The van der Waals surface area contributed by atoms with Crippen LogP contribution < -0.4 is 10.1 Å². The second kappa shape index (κ2) is 6.00. The first-order valence-corrected chi connectivity index (χ1v) is 5.90. The van der Waals surface area contributed by atoms with Crippen LogP contribution in [0.25, 0.3) is 0 Å². The smallest absolute Gasteiger partial charge is 0.217 e. The van der Waals surface area contributed by atoms with E-state index in [4.69, 9.17) is 4.74 Å². The Morgan fingerprint density at radius 3 is 2.58 bits per heavy atom. The molecular weight excluding hydrogens is 245 g/mol. The topological polar surface area (TPSA) is 38.3 Å². The lowest BCUT2D eigenvalue weighted by atomic mass is 10.2. The highest BCUT2D eigenvalue weighted by molar-refractivity contribution is 5.72. The molecule has 3 nitrogen and oxygen atoms in total. The van der Waals surface area contributed by atoms with E-state index in [9.17, 15) is 9.18 Å². The average Bonchev–Trinajstić information content (AvgIpc) is 2.40. The van der Waals surface area contributed by atoms with E-state index in [0.717, 1.165) is 5.56 Å². The Morgan fingerprint density at radius 2 is 1.89 bits per heavy atom. The van der Waals surface area contributed by atoms with Gasteiger partial charge in [-0.3, -0.25) is 4.79 Å². The third-order valence-corrected chi connectivity index (χ3v) is 2.49. The Kier molecular flexibility index (Phi) is 4.13. The van der Waals surface area contributed by atoms with Gasteiger partial charge in [0.15, 0.2) is 0 Å². The summed E-state index contributed by atoms with van der Waals surface area (Å²) in [5.41, 5.74) is 0.940. The minimum absolute atomic E-state index is 0.0788. The van der Waals surface area contributed by atoms with Crippen LogP contribution in [-0.2, 0) is 11.3 Å². The Labute approximate surface area is 111 Å². The van der Waals surface area contributed by atoms with Crippen molar-refractivity contribution in [2.24, 2.45) is 0 Å². The van der Waals surface area contributed by atoms with Gasteiger partial charge in [0.1, 0.15) is 17.3 Å². The molecule has 98 valence electrons. The number of amides is 1. The molecule has 0 saturated heterocycles. The summed E-state index contributed by atoms with van der Waals surface area (Å²) in [4.78, 5) is 10.8. The molecule has 2 rings (SSSR count). The van der Waals surface area contributed by atoms with E-state index in [0.29, 0.717) is 18.0 Å². The second-order valence-electron chi connectivity index (χ2n) is 4.11. The van der Waals surface area contributed by atoms with E-state index < -0.39 is 0 Å². The van der Waals surface area contributed by atoms with Gasteiger partial charge >= 0.3 is 0 Å². The van der Waals surface area contributed by atoms with Gasteiger partial charge in [0.2, 0.25) is 5.91 Å². The zero-order valence-corrected chi connectivity index (χ0v) is 10.5. The molecule has 0 aliphatic carbocycles. The van der Waals surface area contributed by atoms with Gasteiger partial charge in [-0.25, -0.2) is 4.39 Å². The number of halogens is 1. The SMILES string of the molecule is CC(=O)NCc1cccc(Oc2ccc(F)cc2)c1. The second-order valence-corrected chi connectivity index (χ2v) is 4.11. The van der Waals surface area contributed by atoms with Gasteiger partial charge in [-0.1, -0.05) is 12.1 Å². The Balaban J connectivity index is 2.06. The lowest BCUT2D eigenvalue weighted by Gasteiger charge is -2.08. The van der Waals surface area contributed by atoms with Crippen molar-refractivity contribution in [3.63, 3.8) is 0 Å². The number of benzene rings is 2. The Bertz CT molecular complexity index is 567. The summed E-state index contributed by atoms with van der Waals surface area (Å²) in [6.45, 7) is 1.93. The first kappa shape index (κ1) is 13.1. The Hall–Kier alpha value is -2.36. The number of nitrogens with one attached hydrogen (secondary N) is 1. The third kappa shape index (κ3) is 4.10. The Morgan fingerprint density at radius 1 is 1.16 bits per heavy atom. The van der Waals surface area contributed by atoms with Crippen molar-refractivity contribution in [2.45, 2.75) is 13.5 Å². The van der Waals surface area contributed by atoms with Gasteiger partial charge < -0.3 is 10.1 Å². The molecule has 0 aromatic heterocycles. The number of rotatable bonds is 4. The summed E-state index contributed by atoms with van der Waals surface area (Å²) in [5, 5.41) is 2.72. The molecule has 0 atom stereocenters. The van der Waals surface area contributed by atoms with Gasteiger partial charge in [0.25, 0.3) is 0 Å². The van der Waals surface area contributed by atoms with E-state index in [1.807, 2.05) is 18.2 Å². The quantitative estimate of drug-likeness (QED) is 0.915. The third-order valence-electron chi connectivity index (χ3n) is 2.49. The summed E-state index contributed by atoms with van der Waals surface area (Å²) >= 11 is 0. The summed E-state index contributed by atoms with van der Waals surface area (Å²) in [7, 11) is 0. The van der Waals surface area contributed by atoms with E-state index in [-0.39, 0.29) is 11.7 Å².